The Bertz CT molecular complexity index is 291. The second kappa shape index (κ2) is 5.02. The normalized spacial score (nSPS) is 30.4. The lowest BCUT2D eigenvalue weighted by molar-refractivity contribution is -0.000285. The summed E-state index contributed by atoms with van der Waals surface area (Å²) in [5.74, 6) is 0. The Labute approximate surface area is 99.0 Å². The molecule has 1 rings (SSSR count). The van der Waals surface area contributed by atoms with Crippen LogP contribution in [-0.2, 0) is 0 Å². The molecule has 0 unspecified atom stereocenters. The minimum absolute atomic E-state index is 0.259. The van der Waals surface area contributed by atoms with Gasteiger partial charge in [0.15, 0.2) is 0 Å². The lowest BCUT2D eigenvalue weighted by atomic mass is 9.77. The predicted molar refractivity (Wildman–Crippen MR) is 67.7 cm³/mol. The number of halogens is 1. The van der Waals surface area contributed by atoms with Crippen LogP contribution in [0.15, 0.2) is 16.4 Å². The van der Waals surface area contributed by atoms with E-state index in [1.807, 2.05) is 13.8 Å². The molecular weight excluding hydrogens is 202 g/mol. The van der Waals surface area contributed by atoms with Crippen molar-refractivity contribution in [1.82, 2.24) is 4.90 Å². The van der Waals surface area contributed by atoms with Crippen LogP contribution in [-0.4, -0.2) is 37.7 Å². The Morgan fingerprint density at radius 2 is 2.12 bits per heavy atom. The van der Waals surface area contributed by atoms with Crippen molar-refractivity contribution < 1.29 is 4.39 Å². The highest BCUT2D eigenvalue weighted by Gasteiger charge is 2.43. The number of rotatable bonds is 5. The van der Waals surface area contributed by atoms with Gasteiger partial charge in [-0.3, -0.25) is 4.99 Å². The van der Waals surface area contributed by atoms with Crippen molar-refractivity contribution in [3.05, 3.63) is 11.4 Å². The molecule has 0 heterocycles. The molecule has 2 radical (unpaired) electrons. The number of nitrogens with zero attached hydrogens (tertiary/aromatic N) is 2. The number of allylic oxidation sites excluding steroid dienone is 2. The minimum atomic E-state index is -1.01. The first-order valence-electron chi connectivity index (χ1n) is 5.71. The molecule has 0 aromatic carbocycles. The third kappa shape index (κ3) is 2.86. The van der Waals surface area contributed by atoms with Gasteiger partial charge in [0.05, 0.1) is 13.5 Å². The summed E-state index contributed by atoms with van der Waals surface area (Å²) in [6.45, 7) is 9.83. The molecule has 0 aliphatic heterocycles. The van der Waals surface area contributed by atoms with Crippen LogP contribution >= 0.6 is 0 Å². The molecule has 0 aromatic rings. The van der Waals surface area contributed by atoms with Gasteiger partial charge in [0, 0.05) is 31.1 Å². The van der Waals surface area contributed by atoms with Gasteiger partial charge in [-0.05, 0) is 27.5 Å². The van der Waals surface area contributed by atoms with Crippen LogP contribution in [0.3, 0.4) is 0 Å². The van der Waals surface area contributed by atoms with Gasteiger partial charge in [-0.2, -0.15) is 0 Å². The fraction of sp³-hybridized carbons (Fsp3) is 0.750. The van der Waals surface area contributed by atoms with E-state index in [4.69, 9.17) is 7.85 Å². The largest absolute Gasteiger partial charge is 0.371 e. The van der Waals surface area contributed by atoms with Gasteiger partial charge in [-0.25, -0.2) is 4.39 Å². The van der Waals surface area contributed by atoms with Gasteiger partial charge in [-0.1, -0.05) is 6.32 Å². The quantitative estimate of drug-likeness (QED) is 0.515. The monoisotopic (exact) mass is 222 g/mol. The average molecular weight is 222 g/mol. The van der Waals surface area contributed by atoms with E-state index >= 15 is 0 Å². The van der Waals surface area contributed by atoms with Gasteiger partial charge in [0.2, 0.25) is 0 Å². The Kier molecular flexibility index (Phi) is 4.17. The Morgan fingerprint density at radius 3 is 2.50 bits per heavy atom. The molecule has 0 amide bonds. The molecule has 0 spiro atoms. The summed E-state index contributed by atoms with van der Waals surface area (Å²) in [6, 6.07) is 0.259. The molecule has 88 valence electrons. The zero-order valence-corrected chi connectivity index (χ0v) is 10.5. The first kappa shape index (κ1) is 13.3. The maximum Gasteiger partial charge on any atom is 0.112 e. The molecule has 0 aromatic heterocycles. The molecule has 0 saturated heterocycles. The lowest BCUT2D eigenvalue weighted by Crippen LogP contribution is -2.51. The van der Waals surface area contributed by atoms with Crippen molar-refractivity contribution in [3.8, 4) is 0 Å². The van der Waals surface area contributed by atoms with Gasteiger partial charge in [0.1, 0.15) is 5.67 Å². The summed E-state index contributed by atoms with van der Waals surface area (Å²) in [5, 5.41) is 0. The number of hydrogen-bond donors (Lipinski definition) is 0. The van der Waals surface area contributed by atoms with Crippen molar-refractivity contribution in [2.24, 2.45) is 4.99 Å². The molecule has 1 saturated carbocycles. The fourth-order valence-corrected chi connectivity index (χ4v) is 2.23. The molecular formula is C12H20BFN2. The zero-order valence-electron chi connectivity index (χ0n) is 10.5. The number of alkyl halides is 1. The van der Waals surface area contributed by atoms with Crippen molar-refractivity contribution in [2.75, 3.05) is 6.54 Å². The molecule has 2 nitrogen and oxygen atoms in total. The van der Waals surface area contributed by atoms with Crippen molar-refractivity contribution in [1.29, 1.82) is 0 Å². The smallest absolute Gasteiger partial charge is 0.112 e. The predicted octanol–water partition coefficient (Wildman–Crippen LogP) is 2.72. The standard InChI is InChI=1S/C12H20BFN2/c1-9(15-4)10(2)16(6-5-13)11-7-12(3,14)8-11/h11H,4-8H2,1-3H3/b10-9-. The molecule has 0 bridgehead atoms. The fourth-order valence-electron chi connectivity index (χ4n) is 2.23. The highest BCUT2D eigenvalue weighted by molar-refractivity contribution is 6.08. The summed E-state index contributed by atoms with van der Waals surface area (Å²) < 4.78 is 13.5. The molecule has 0 N–H and O–H groups in total. The van der Waals surface area contributed by atoms with E-state index in [1.165, 1.54) is 0 Å². The van der Waals surface area contributed by atoms with Crippen LogP contribution in [0, 0.1) is 0 Å². The highest BCUT2D eigenvalue weighted by atomic mass is 19.1. The van der Waals surface area contributed by atoms with E-state index in [1.54, 1.807) is 6.92 Å². The first-order chi connectivity index (χ1) is 7.41. The molecule has 4 heteroatoms. The van der Waals surface area contributed by atoms with Gasteiger partial charge in [-0.15, -0.1) is 0 Å². The van der Waals surface area contributed by atoms with Crippen LogP contribution < -0.4 is 0 Å². The summed E-state index contributed by atoms with van der Waals surface area (Å²) in [6.07, 6.45) is 1.73. The third-order valence-electron chi connectivity index (χ3n) is 3.32. The van der Waals surface area contributed by atoms with Crippen molar-refractivity contribution in [3.63, 3.8) is 0 Å². The SMILES string of the molecule is [B]CCN(/C(C)=C(/C)N=C)C1CC(C)(F)C1. The van der Waals surface area contributed by atoms with Crippen LogP contribution in [0.25, 0.3) is 0 Å². The highest BCUT2D eigenvalue weighted by Crippen LogP contribution is 2.40. The summed E-state index contributed by atoms with van der Waals surface area (Å²) in [5.41, 5.74) is 0.940. The van der Waals surface area contributed by atoms with Gasteiger partial charge >= 0.3 is 0 Å². The third-order valence-corrected chi connectivity index (χ3v) is 3.32. The van der Waals surface area contributed by atoms with Crippen molar-refractivity contribution in [2.45, 2.75) is 51.6 Å². The number of hydrogen-bond acceptors (Lipinski definition) is 2. The van der Waals surface area contributed by atoms with E-state index in [2.05, 4.69) is 16.6 Å². The summed E-state index contributed by atoms with van der Waals surface area (Å²) >= 11 is 0. The molecule has 1 aliphatic carbocycles. The van der Waals surface area contributed by atoms with E-state index in [0.717, 1.165) is 17.9 Å². The molecule has 0 atom stereocenters. The maximum atomic E-state index is 13.5. The Morgan fingerprint density at radius 1 is 1.56 bits per heavy atom. The minimum Gasteiger partial charge on any atom is -0.371 e. The number of aliphatic imine (C=N–C) groups is 1. The summed E-state index contributed by atoms with van der Waals surface area (Å²) in [7, 11) is 5.59. The molecule has 1 fully saturated rings. The Balaban J connectivity index is 2.73. The first-order valence-corrected chi connectivity index (χ1v) is 5.71. The average Bonchev–Trinajstić information content (AvgIpc) is 2.20. The topological polar surface area (TPSA) is 15.6 Å². The van der Waals surface area contributed by atoms with Crippen molar-refractivity contribution >= 4 is 14.6 Å². The van der Waals surface area contributed by atoms with E-state index in [0.29, 0.717) is 19.2 Å². The van der Waals surface area contributed by atoms with Gasteiger partial charge < -0.3 is 4.90 Å². The zero-order chi connectivity index (χ0) is 12.3. The second-order valence-corrected chi connectivity index (χ2v) is 4.79. The lowest BCUT2D eigenvalue weighted by Gasteiger charge is -2.47. The van der Waals surface area contributed by atoms with Crippen LogP contribution in [0.4, 0.5) is 4.39 Å². The van der Waals surface area contributed by atoms with E-state index < -0.39 is 5.67 Å². The second-order valence-electron chi connectivity index (χ2n) is 4.79. The van der Waals surface area contributed by atoms with E-state index in [-0.39, 0.29) is 6.04 Å². The molecule has 1 aliphatic rings. The molecule has 16 heavy (non-hydrogen) atoms. The van der Waals surface area contributed by atoms with E-state index in [9.17, 15) is 4.39 Å². The Hall–Kier alpha value is -0.795. The van der Waals surface area contributed by atoms with Crippen LogP contribution in [0.5, 0.6) is 0 Å². The maximum absolute atomic E-state index is 13.5. The van der Waals surface area contributed by atoms with Gasteiger partial charge in [0.25, 0.3) is 0 Å². The van der Waals surface area contributed by atoms with Crippen LogP contribution in [0.1, 0.15) is 33.6 Å². The summed E-state index contributed by atoms with van der Waals surface area (Å²) in [4.78, 5) is 6.08. The van der Waals surface area contributed by atoms with Crippen LogP contribution in [0.2, 0.25) is 6.32 Å².